The van der Waals surface area contributed by atoms with Crippen molar-refractivity contribution in [2.24, 2.45) is 0 Å². The van der Waals surface area contributed by atoms with Crippen molar-refractivity contribution >= 4 is 11.9 Å². The maximum absolute atomic E-state index is 11.4. The monoisotopic (exact) mass is 213 g/mol. The molecule has 0 aromatic carbocycles. The van der Waals surface area contributed by atoms with Crippen LogP contribution in [0.2, 0.25) is 0 Å². The fraction of sp³-hybridized carbons (Fsp3) is 0.571. The molecule has 0 aliphatic heterocycles. The first kappa shape index (κ1) is 11.1. The molecule has 1 aromatic heterocycles. The lowest BCUT2D eigenvalue weighted by atomic mass is 10.1. The van der Waals surface area contributed by atoms with Gasteiger partial charge in [0.2, 0.25) is 0 Å². The number of carbonyl (C=O) groups excluding carboxylic acids is 2. The lowest BCUT2D eigenvalue weighted by Gasteiger charge is -2.21. The minimum atomic E-state index is -1.13. The molecule has 0 aliphatic carbocycles. The third-order valence-electron chi connectivity index (χ3n) is 1.67. The lowest BCUT2D eigenvalue weighted by molar-refractivity contribution is -0.146. The van der Waals surface area contributed by atoms with E-state index in [-0.39, 0.29) is 5.82 Å². The van der Waals surface area contributed by atoms with E-state index in [9.17, 15) is 9.59 Å². The fourth-order valence-electron chi connectivity index (χ4n) is 0.904. The highest BCUT2D eigenvalue weighted by Crippen LogP contribution is 2.05. The molecule has 0 unspecified atom stereocenters. The molecule has 0 radical (unpaired) electrons. The van der Waals surface area contributed by atoms with Crippen molar-refractivity contribution in [3.8, 4) is 0 Å². The Labute approximate surface area is 85.4 Å². The summed E-state index contributed by atoms with van der Waals surface area (Å²) in [4.78, 5) is 22.7. The Kier molecular flexibility index (Phi) is 2.98. The predicted octanol–water partition coefficient (Wildman–Crippen LogP) is -1.12. The second kappa shape index (κ2) is 4.03. The Morgan fingerprint density at radius 3 is 2.60 bits per heavy atom. The molecule has 1 aromatic rings. The van der Waals surface area contributed by atoms with Crippen LogP contribution in [0.1, 0.15) is 24.5 Å². The topological polar surface area (TPSA) is 110 Å². The first-order chi connectivity index (χ1) is 6.97. The number of H-pyrrole nitrogens is 1. The molecule has 0 bridgehead atoms. The highest BCUT2D eigenvalue weighted by molar-refractivity contribution is 5.94. The van der Waals surface area contributed by atoms with Crippen molar-refractivity contribution in [2.45, 2.75) is 19.4 Å². The number of ether oxygens (including phenoxy) is 1. The molecular formula is C7H11N5O3. The van der Waals surface area contributed by atoms with Crippen molar-refractivity contribution in [1.82, 2.24) is 25.9 Å². The standard InChI is InChI=1S/C7H11N5O3/c1-7(2,6(14)15-3)8-5(13)4-9-11-12-10-4/h1-3H3,(H,8,13)(H,9,10,11,12). The number of nitrogens with one attached hydrogen (secondary N) is 2. The minimum absolute atomic E-state index is 0.132. The van der Waals surface area contributed by atoms with Gasteiger partial charge in [-0.15, -0.1) is 10.2 Å². The molecule has 1 heterocycles. The zero-order chi connectivity index (χ0) is 11.5. The van der Waals surface area contributed by atoms with Gasteiger partial charge in [0, 0.05) is 0 Å². The summed E-state index contributed by atoms with van der Waals surface area (Å²) in [6.07, 6.45) is 0. The summed E-state index contributed by atoms with van der Waals surface area (Å²) in [5, 5.41) is 14.7. The van der Waals surface area contributed by atoms with Gasteiger partial charge in [0.1, 0.15) is 5.54 Å². The number of esters is 1. The van der Waals surface area contributed by atoms with E-state index in [1.807, 2.05) is 0 Å². The average molecular weight is 213 g/mol. The molecule has 0 aliphatic rings. The van der Waals surface area contributed by atoms with E-state index in [0.717, 1.165) is 0 Å². The summed E-state index contributed by atoms with van der Waals surface area (Å²) in [6.45, 7) is 3.02. The van der Waals surface area contributed by atoms with E-state index in [1.54, 1.807) is 0 Å². The zero-order valence-electron chi connectivity index (χ0n) is 8.57. The Balaban J connectivity index is 2.70. The van der Waals surface area contributed by atoms with Gasteiger partial charge < -0.3 is 10.1 Å². The minimum Gasteiger partial charge on any atom is -0.467 e. The van der Waals surface area contributed by atoms with Gasteiger partial charge in [-0.1, -0.05) is 0 Å². The van der Waals surface area contributed by atoms with Gasteiger partial charge in [0.15, 0.2) is 0 Å². The van der Waals surface area contributed by atoms with Gasteiger partial charge in [0.25, 0.3) is 11.7 Å². The number of hydrogen-bond acceptors (Lipinski definition) is 6. The van der Waals surface area contributed by atoms with Crippen molar-refractivity contribution in [3.63, 3.8) is 0 Å². The third-order valence-corrected chi connectivity index (χ3v) is 1.67. The van der Waals surface area contributed by atoms with E-state index in [1.165, 1.54) is 21.0 Å². The molecule has 0 spiro atoms. The quantitative estimate of drug-likeness (QED) is 0.615. The van der Waals surface area contributed by atoms with Crippen LogP contribution in [0, 0.1) is 0 Å². The number of tetrazole rings is 1. The molecule has 1 rings (SSSR count). The molecule has 0 saturated carbocycles. The summed E-state index contributed by atoms with van der Waals surface area (Å²) in [7, 11) is 1.24. The zero-order valence-corrected chi connectivity index (χ0v) is 8.57. The number of methoxy groups -OCH3 is 1. The molecule has 1 amide bonds. The molecule has 8 heteroatoms. The van der Waals surface area contributed by atoms with Gasteiger partial charge in [0.05, 0.1) is 7.11 Å². The number of aromatic nitrogens is 4. The van der Waals surface area contributed by atoms with Crippen LogP contribution in [0.25, 0.3) is 0 Å². The van der Waals surface area contributed by atoms with Gasteiger partial charge in [-0.25, -0.2) is 4.79 Å². The molecule has 82 valence electrons. The van der Waals surface area contributed by atoms with Crippen LogP contribution in [-0.4, -0.2) is 45.1 Å². The van der Waals surface area contributed by atoms with Crippen LogP contribution in [0.15, 0.2) is 0 Å². The normalized spacial score (nSPS) is 10.9. The number of rotatable bonds is 3. The van der Waals surface area contributed by atoms with Gasteiger partial charge in [-0.3, -0.25) is 4.79 Å². The van der Waals surface area contributed by atoms with Crippen molar-refractivity contribution in [1.29, 1.82) is 0 Å². The van der Waals surface area contributed by atoms with Gasteiger partial charge in [-0.2, -0.15) is 5.21 Å². The lowest BCUT2D eigenvalue weighted by Crippen LogP contribution is -2.50. The molecular weight excluding hydrogens is 202 g/mol. The second-order valence-electron chi connectivity index (χ2n) is 3.31. The van der Waals surface area contributed by atoms with Crippen LogP contribution in [0.3, 0.4) is 0 Å². The number of aromatic amines is 1. The van der Waals surface area contributed by atoms with Crippen LogP contribution >= 0.6 is 0 Å². The van der Waals surface area contributed by atoms with E-state index in [0.29, 0.717) is 0 Å². The molecule has 0 atom stereocenters. The first-order valence-corrected chi connectivity index (χ1v) is 4.12. The van der Waals surface area contributed by atoms with Crippen molar-refractivity contribution in [2.75, 3.05) is 7.11 Å². The number of amides is 1. The smallest absolute Gasteiger partial charge is 0.330 e. The van der Waals surface area contributed by atoms with Crippen molar-refractivity contribution in [3.05, 3.63) is 5.82 Å². The van der Waals surface area contributed by atoms with Crippen LogP contribution < -0.4 is 5.32 Å². The Bertz CT molecular complexity index is 359. The predicted molar refractivity (Wildman–Crippen MR) is 47.7 cm³/mol. The first-order valence-electron chi connectivity index (χ1n) is 4.12. The SMILES string of the molecule is COC(=O)C(C)(C)NC(=O)c1nn[nH]n1. The summed E-state index contributed by atoms with van der Waals surface area (Å²) < 4.78 is 4.52. The number of nitrogens with zero attached hydrogens (tertiary/aromatic N) is 3. The maximum atomic E-state index is 11.4. The molecule has 15 heavy (non-hydrogen) atoms. The second-order valence-corrected chi connectivity index (χ2v) is 3.31. The number of carbonyl (C=O) groups is 2. The van der Waals surface area contributed by atoms with Crippen molar-refractivity contribution < 1.29 is 14.3 Å². The van der Waals surface area contributed by atoms with E-state index < -0.39 is 17.4 Å². The molecule has 8 nitrogen and oxygen atoms in total. The van der Waals surface area contributed by atoms with Gasteiger partial charge >= 0.3 is 5.97 Å². The Morgan fingerprint density at radius 1 is 1.47 bits per heavy atom. The van der Waals surface area contributed by atoms with Crippen LogP contribution in [0.4, 0.5) is 0 Å². The number of hydrogen-bond donors (Lipinski definition) is 2. The van der Waals surface area contributed by atoms with E-state index in [2.05, 4.69) is 30.7 Å². The highest BCUT2D eigenvalue weighted by Gasteiger charge is 2.31. The third kappa shape index (κ3) is 2.48. The fourth-order valence-corrected chi connectivity index (χ4v) is 0.904. The Hall–Kier alpha value is -1.99. The maximum Gasteiger partial charge on any atom is 0.330 e. The van der Waals surface area contributed by atoms with Crippen LogP contribution in [-0.2, 0) is 9.53 Å². The molecule has 2 N–H and O–H groups in total. The average Bonchev–Trinajstić information content (AvgIpc) is 2.68. The summed E-state index contributed by atoms with van der Waals surface area (Å²) in [5.41, 5.74) is -1.13. The Morgan fingerprint density at radius 2 is 2.13 bits per heavy atom. The molecule has 0 saturated heterocycles. The van der Waals surface area contributed by atoms with E-state index >= 15 is 0 Å². The van der Waals surface area contributed by atoms with E-state index in [4.69, 9.17) is 0 Å². The molecule has 0 fully saturated rings. The summed E-state index contributed by atoms with van der Waals surface area (Å²) in [5.74, 6) is -1.29. The van der Waals surface area contributed by atoms with Gasteiger partial charge in [-0.05, 0) is 19.1 Å². The van der Waals surface area contributed by atoms with Crippen LogP contribution in [0.5, 0.6) is 0 Å². The summed E-state index contributed by atoms with van der Waals surface area (Å²) in [6, 6.07) is 0. The summed E-state index contributed by atoms with van der Waals surface area (Å²) >= 11 is 0. The highest BCUT2D eigenvalue weighted by atomic mass is 16.5. The largest absolute Gasteiger partial charge is 0.467 e.